The number of rotatable bonds is 6. The molecule has 0 aliphatic carbocycles. The van der Waals surface area contributed by atoms with Crippen molar-refractivity contribution in [2.24, 2.45) is 5.41 Å². The predicted octanol–water partition coefficient (Wildman–Crippen LogP) is 2.81. The lowest BCUT2D eigenvalue weighted by Gasteiger charge is -2.39. The summed E-state index contributed by atoms with van der Waals surface area (Å²) in [5.41, 5.74) is 1.02. The third-order valence-electron chi connectivity index (χ3n) is 6.21. The van der Waals surface area contributed by atoms with Crippen LogP contribution in [0.25, 0.3) is 0 Å². The molecule has 1 atom stereocenters. The van der Waals surface area contributed by atoms with E-state index >= 15 is 0 Å². The van der Waals surface area contributed by atoms with Gasteiger partial charge in [-0.05, 0) is 51.3 Å². The number of nitrogens with one attached hydrogen (secondary N) is 1. The number of carbonyl (C=O) groups is 2. The van der Waals surface area contributed by atoms with E-state index in [1.165, 1.54) is 5.56 Å². The van der Waals surface area contributed by atoms with Crippen molar-refractivity contribution in [3.63, 3.8) is 0 Å². The first-order chi connectivity index (χ1) is 13.0. The van der Waals surface area contributed by atoms with Crippen molar-refractivity contribution in [1.82, 2.24) is 15.1 Å². The van der Waals surface area contributed by atoms with Crippen LogP contribution >= 0.6 is 0 Å². The number of carbonyl (C=O) groups excluding carboxylic acids is 2. The first-order valence-corrected chi connectivity index (χ1v) is 10.3. The normalized spacial score (nSPS) is 21.7. The number of piperidine rings is 2. The second kappa shape index (κ2) is 8.87. The van der Waals surface area contributed by atoms with Gasteiger partial charge in [0.2, 0.25) is 11.8 Å². The fraction of sp³-hybridized carbons (Fsp3) is 0.636. The summed E-state index contributed by atoms with van der Waals surface area (Å²) in [5, 5.41) is 3.12. The molecular weight excluding hydrogens is 338 g/mol. The summed E-state index contributed by atoms with van der Waals surface area (Å²) in [5.74, 6) is 0.363. The zero-order valence-electron chi connectivity index (χ0n) is 16.7. The molecule has 1 unspecified atom stereocenters. The first kappa shape index (κ1) is 19.9. The zero-order valence-corrected chi connectivity index (χ0v) is 16.7. The van der Waals surface area contributed by atoms with Gasteiger partial charge in [-0.15, -0.1) is 0 Å². The van der Waals surface area contributed by atoms with Gasteiger partial charge in [0, 0.05) is 37.5 Å². The van der Waals surface area contributed by atoms with Crippen molar-refractivity contribution in [1.29, 1.82) is 0 Å². The summed E-state index contributed by atoms with van der Waals surface area (Å²) in [4.78, 5) is 29.2. The largest absolute Gasteiger partial charge is 0.354 e. The molecule has 148 valence electrons. The van der Waals surface area contributed by atoms with Crippen LogP contribution in [-0.4, -0.2) is 53.8 Å². The lowest BCUT2D eigenvalue weighted by atomic mass is 9.79. The number of hydrogen-bond donors (Lipinski definition) is 1. The van der Waals surface area contributed by atoms with Crippen LogP contribution in [0.2, 0.25) is 0 Å². The standard InChI is InChI=1S/C22H33N3O2/c1-18(25-13-7-6-10-20(25)26)16-23-21(27)22(2)11-14-24(15-12-22)17-19-8-4-3-5-9-19/h3-5,8-9,18H,6-7,10-17H2,1-2H3,(H,23,27). The lowest BCUT2D eigenvalue weighted by molar-refractivity contribution is -0.137. The van der Waals surface area contributed by atoms with Gasteiger partial charge in [0.05, 0.1) is 0 Å². The zero-order chi connectivity index (χ0) is 19.3. The van der Waals surface area contributed by atoms with Crippen molar-refractivity contribution in [3.8, 4) is 0 Å². The summed E-state index contributed by atoms with van der Waals surface area (Å²) < 4.78 is 0. The van der Waals surface area contributed by atoms with Gasteiger partial charge in [-0.25, -0.2) is 0 Å². The van der Waals surface area contributed by atoms with Crippen LogP contribution in [0.15, 0.2) is 30.3 Å². The molecule has 2 aliphatic heterocycles. The van der Waals surface area contributed by atoms with Gasteiger partial charge in [-0.2, -0.15) is 0 Å². The van der Waals surface area contributed by atoms with Crippen LogP contribution in [0.1, 0.15) is 51.5 Å². The Morgan fingerprint density at radius 1 is 1.15 bits per heavy atom. The molecule has 2 saturated heterocycles. The van der Waals surface area contributed by atoms with Crippen LogP contribution in [0.4, 0.5) is 0 Å². The highest BCUT2D eigenvalue weighted by Crippen LogP contribution is 2.31. The number of benzene rings is 1. The Bertz CT molecular complexity index is 638. The Morgan fingerprint density at radius 3 is 2.52 bits per heavy atom. The molecule has 0 saturated carbocycles. The predicted molar refractivity (Wildman–Crippen MR) is 107 cm³/mol. The smallest absolute Gasteiger partial charge is 0.226 e. The van der Waals surface area contributed by atoms with Gasteiger partial charge in [-0.1, -0.05) is 37.3 Å². The van der Waals surface area contributed by atoms with Gasteiger partial charge < -0.3 is 10.2 Å². The second-order valence-electron chi connectivity index (χ2n) is 8.43. The fourth-order valence-electron chi connectivity index (χ4n) is 4.13. The monoisotopic (exact) mass is 371 g/mol. The molecule has 5 heteroatoms. The Kier molecular flexibility index (Phi) is 6.53. The highest BCUT2D eigenvalue weighted by atomic mass is 16.2. The van der Waals surface area contributed by atoms with E-state index in [1.807, 2.05) is 17.9 Å². The third-order valence-corrected chi connectivity index (χ3v) is 6.21. The lowest BCUT2D eigenvalue weighted by Crippen LogP contribution is -2.51. The molecule has 2 fully saturated rings. The van der Waals surface area contributed by atoms with Crippen LogP contribution in [-0.2, 0) is 16.1 Å². The fourth-order valence-corrected chi connectivity index (χ4v) is 4.13. The summed E-state index contributed by atoms with van der Waals surface area (Å²) >= 11 is 0. The minimum atomic E-state index is -0.307. The van der Waals surface area contributed by atoms with Gasteiger partial charge >= 0.3 is 0 Å². The number of likely N-dealkylation sites (tertiary alicyclic amines) is 2. The summed E-state index contributed by atoms with van der Waals surface area (Å²) in [7, 11) is 0. The van der Waals surface area contributed by atoms with Crippen LogP contribution < -0.4 is 5.32 Å². The van der Waals surface area contributed by atoms with E-state index in [-0.39, 0.29) is 23.3 Å². The Morgan fingerprint density at radius 2 is 1.85 bits per heavy atom. The Balaban J connectivity index is 1.45. The van der Waals surface area contributed by atoms with Crippen molar-refractivity contribution in [2.45, 2.75) is 58.5 Å². The van der Waals surface area contributed by atoms with Gasteiger partial charge in [0.25, 0.3) is 0 Å². The van der Waals surface area contributed by atoms with Crippen molar-refractivity contribution in [2.75, 3.05) is 26.2 Å². The van der Waals surface area contributed by atoms with Crippen molar-refractivity contribution >= 4 is 11.8 Å². The molecule has 0 aromatic heterocycles. The van der Waals surface area contributed by atoms with Crippen LogP contribution in [0.3, 0.4) is 0 Å². The second-order valence-corrected chi connectivity index (χ2v) is 8.43. The number of hydrogen-bond acceptors (Lipinski definition) is 3. The minimum absolute atomic E-state index is 0.0727. The molecule has 0 spiro atoms. The van der Waals surface area contributed by atoms with E-state index in [0.717, 1.165) is 51.9 Å². The van der Waals surface area contributed by atoms with E-state index < -0.39 is 0 Å². The van der Waals surface area contributed by atoms with Gasteiger partial charge in [0.1, 0.15) is 0 Å². The quantitative estimate of drug-likeness (QED) is 0.837. The first-order valence-electron chi connectivity index (χ1n) is 10.3. The number of amides is 2. The van der Waals surface area contributed by atoms with Crippen molar-refractivity contribution in [3.05, 3.63) is 35.9 Å². The van der Waals surface area contributed by atoms with E-state index in [0.29, 0.717) is 13.0 Å². The summed E-state index contributed by atoms with van der Waals surface area (Å²) in [6.07, 6.45) is 4.46. The molecule has 1 N–H and O–H groups in total. The molecule has 2 amide bonds. The topological polar surface area (TPSA) is 52.7 Å². The Labute approximate surface area is 163 Å². The Hall–Kier alpha value is -1.88. The molecule has 3 rings (SSSR count). The van der Waals surface area contributed by atoms with Gasteiger partial charge in [-0.3, -0.25) is 14.5 Å². The molecule has 5 nitrogen and oxygen atoms in total. The summed E-state index contributed by atoms with van der Waals surface area (Å²) in [6, 6.07) is 10.6. The van der Waals surface area contributed by atoms with Gasteiger partial charge in [0.15, 0.2) is 0 Å². The average molecular weight is 372 g/mol. The maximum absolute atomic E-state index is 12.8. The summed E-state index contributed by atoms with van der Waals surface area (Å²) in [6.45, 7) is 8.33. The highest BCUT2D eigenvalue weighted by molar-refractivity contribution is 5.82. The number of nitrogens with zero attached hydrogens (tertiary/aromatic N) is 2. The molecule has 0 bridgehead atoms. The van der Waals surface area contributed by atoms with E-state index in [1.54, 1.807) is 0 Å². The highest BCUT2D eigenvalue weighted by Gasteiger charge is 2.37. The molecule has 1 aromatic carbocycles. The van der Waals surface area contributed by atoms with Crippen LogP contribution in [0.5, 0.6) is 0 Å². The molecule has 0 radical (unpaired) electrons. The van der Waals surface area contributed by atoms with E-state index in [9.17, 15) is 9.59 Å². The van der Waals surface area contributed by atoms with Crippen molar-refractivity contribution < 1.29 is 9.59 Å². The third kappa shape index (κ3) is 5.10. The average Bonchev–Trinajstić information content (AvgIpc) is 2.69. The van der Waals surface area contributed by atoms with E-state index in [4.69, 9.17) is 0 Å². The molecule has 2 heterocycles. The van der Waals surface area contributed by atoms with Crippen LogP contribution in [0, 0.1) is 5.41 Å². The van der Waals surface area contributed by atoms with E-state index in [2.05, 4.69) is 41.4 Å². The maximum Gasteiger partial charge on any atom is 0.226 e. The minimum Gasteiger partial charge on any atom is -0.354 e. The maximum atomic E-state index is 12.8. The SMILES string of the molecule is CC(CNC(=O)C1(C)CCN(Cc2ccccc2)CC1)N1CCCCC1=O. The molecule has 1 aromatic rings. The molecular formula is C22H33N3O2. The molecule has 2 aliphatic rings. The molecule has 27 heavy (non-hydrogen) atoms.